The van der Waals surface area contributed by atoms with Gasteiger partial charge in [-0.2, -0.15) is 4.98 Å². The van der Waals surface area contributed by atoms with Crippen LogP contribution in [0.15, 0.2) is 18.3 Å². The lowest BCUT2D eigenvalue weighted by Crippen LogP contribution is -2.43. The minimum absolute atomic E-state index is 0.201. The van der Waals surface area contributed by atoms with E-state index in [2.05, 4.69) is 27.3 Å². The summed E-state index contributed by atoms with van der Waals surface area (Å²) in [6, 6.07) is 4.04. The van der Waals surface area contributed by atoms with Crippen LogP contribution in [0.1, 0.15) is 5.56 Å². The molecule has 0 radical (unpaired) electrons. The maximum absolute atomic E-state index is 5.70. The Labute approximate surface area is 112 Å². The molecule has 0 amide bonds. The molecule has 1 fully saturated rings. The summed E-state index contributed by atoms with van der Waals surface area (Å²) in [5, 5.41) is 7.63. The highest BCUT2D eigenvalue weighted by atomic mass is 16.5. The molecule has 2 aromatic heterocycles. The third kappa shape index (κ3) is 2.85. The Hall–Kier alpha value is -1.66. The number of morpholine rings is 1. The van der Waals surface area contributed by atoms with Crippen LogP contribution in [0, 0.1) is 6.92 Å². The van der Waals surface area contributed by atoms with E-state index in [9.17, 15) is 0 Å². The number of nitrogens with one attached hydrogen (secondary N) is 1. The standard InChI is InChI=1S/C13H19N5O/c1-10-3-4-18-12(7-10)15-13(16-18)14-8-11-9-17(2)5-6-19-11/h3-4,7,11H,5-6,8-9H2,1-2H3,(H,14,16). The Bertz CT molecular complexity index is 567. The van der Waals surface area contributed by atoms with Gasteiger partial charge in [0.2, 0.25) is 5.95 Å². The van der Waals surface area contributed by atoms with Crippen LogP contribution >= 0.6 is 0 Å². The van der Waals surface area contributed by atoms with Gasteiger partial charge in [0.15, 0.2) is 5.65 Å². The first-order chi connectivity index (χ1) is 9.20. The van der Waals surface area contributed by atoms with E-state index in [0.29, 0.717) is 5.95 Å². The first-order valence-corrected chi connectivity index (χ1v) is 6.58. The van der Waals surface area contributed by atoms with Crippen molar-refractivity contribution >= 4 is 11.6 Å². The molecule has 1 aliphatic heterocycles. The van der Waals surface area contributed by atoms with E-state index in [4.69, 9.17) is 4.74 Å². The van der Waals surface area contributed by atoms with Crippen molar-refractivity contribution in [1.29, 1.82) is 0 Å². The molecule has 0 saturated carbocycles. The Morgan fingerprint density at radius 2 is 2.42 bits per heavy atom. The van der Waals surface area contributed by atoms with E-state index in [1.165, 1.54) is 5.56 Å². The Kier molecular flexibility index (Phi) is 3.35. The van der Waals surface area contributed by atoms with Crippen LogP contribution in [0.3, 0.4) is 0 Å². The highest BCUT2D eigenvalue weighted by molar-refractivity contribution is 5.45. The average molecular weight is 261 g/mol. The van der Waals surface area contributed by atoms with Crippen LogP contribution < -0.4 is 5.32 Å². The second kappa shape index (κ2) is 5.14. The molecule has 6 heteroatoms. The summed E-state index contributed by atoms with van der Waals surface area (Å²) in [7, 11) is 2.11. The minimum Gasteiger partial charge on any atom is -0.374 e. The number of aromatic nitrogens is 3. The van der Waals surface area contributed by atoms with Gasteiger partial charge in [-0.05, 0) is 31.7 Å². The van der Waals surface area contributed by atoms with Gasteiger partial charge in [0.1, 0.15) is 0 Å². The largest absolute Gasteiger partial charge is 0.374 e. The number of nitrogens with zero attached hydrogens (tertiary/aromatic N) is 4. The zero-order chi connectivity index (χ0) is 13.2. The van der Waals surface area contributed by atoms with Crippen LogP contribution in [-0.2, 0) is 4.74 Å². The smallest absolute Gasteiger partial charge is 0.243 e. The van der Waals surface area contributed by atoms with E-state index >= 15 is 0 Å². The number of aryl methyl sites for hydroxylation is 1. The molecule has 3 rings (SSSR count). The molecule has 1 saturated heterocycles. The van der Waals surface area contributed by atoms with Crippen LogP contribution in [0.25, 0.3) is 5.65 Å². The van der Waals surface area contributed by atoms with Crippen molar-refractivity contribution < 1.29 is 4.74 Å². The number of ether oxygens (including phenoxy) is 1. The SMILES string of the molecule is Cc1ccn2nc(NCC3CN(C)CCO3)nc2c1. The molecule has 1 atom stereocenters. The molecular formula is C13H19N5O. The molecule has 0 aliphatic carbocycles. The van der Waals surface area contributed by atoms with Crippen molar-refractivity contribution in [2.45, 2.75) is 13.0 Å². The molecular weight excluding hydrogens is 242 g/mol. The molecule has 1 N–H and O–H groups in total. The van der Waals surface area contributed by atoms with Crippen molar-refractivity contribution in [2.75, 3.05) is 38.6 Å². The molecule has 1 aliphatic rings. The predicted molar refractivity (Wildman–Crippen MR) is 73.5 cm³/mol. The summed E-state index contributed by atoms with van der Waals surface area (Å²) in [4.78, 5) is 6.72. The Morgan fingerprint density at radius 3 is 3.26 bits per heavy atom. The van der Waals surface area contributed by atoms with Crippen molar-refractivity contribution in [3.63, 3.8) is 0 Å². The minimum atomic E-state index is 0.201. The number of fused-ring (bicyclic) bond motifs is 1. The van der Waals surface area contributed by atoms with E-state index in [-0.39, 0.29) is 6.10 Å². The molecule has 1 unspecified atom stereocenters. The maximum atomic E-state index is 5.70. The van der Waals surface area contributed by atoms with Gasteiger partial charge in [-0.15, -0.1) is 5.10 Å². The van der Waals surface area contributed by atoms with Crippen LogP contribution in [-0.4, -0.2) is 58.9 Å². The molecule has 2 aromatic rings. The average Bonchev–Trinajstić information content (AvgIpc) is 2.78. The number of hydrogen-bond donors (Lipinski definition) is 1. The van der Waals surface area contributed by atoms with E-state index in [1.807, 2.05) is 25.3 Å². The number of hydrogen-bond acceptors (Lipinski definition) is 5. The fraction of sp³-hybridized carbons (Fsp3) is 0.538. The third-order valence-corrected chi connectivity index (χ3v) is 3.32. The van der Waals surface area contributed by atoms with Gasteiger partial charge in [0, 0.05) is 25.8 Å². The Balaban J connectivity index is 1.65. The first-order valence-electron chi connectivity index (χ1n) is 6.58. The second-order valence-electron chi connectivity index (χ2n) is 5.08. The summed E-state index contributed by atoms with van der Waals surface area (Å²) in [5.41, 5.74) is 2.05. The molecule has 102 valence electrons. The van der Waals surface area contributed by atoms with Crippen molar-refractivity contribution in [3.05, 3.63) is 23.9 Å². The predicted octanol–water partition coefficient (Wildman–Crippen LogP) is 0.780. The van der Waals surface area contributed by atoms with Crippen molar-refractivity contribution in [3.8, 4) is 0 Å². The fourth-order valence-corrected chi connectivity index (χ4v) is 2.25. The fourth-order valence-electron chi connectivity index (χ4n) is 2.25. The molecule has 0 spiro atoms. The summed E-state index contributed by atoms with van der Waals surface area (Å²) in [5.74, 6) is 0.655. The van der Waals surface area contributed by atoms with Gasteiger partial charge in [0.05, 0.1) is 12.7 Å². The topological polar surface area (TPSA) is 54.7 Å². The summed E-state index contributed by atoms with van der Waals surface area (Å²) in [6.45, 7) is 5.52. The summed E-state index contributed by atoms with van der Waals surface area (Å²) < 4.78 is 7.48. The normalized spacial score (nSPS) is 20.8. The first kappa shape index (κ1) is 12.4. The van der Waals surface area contributed by atoms with Gasteiger partial charge in [0.25, 0.3) is 0 Å². The lowest BCUT2D eigenvalue weighted by atomic mass is 10.3. The molecule has 0 bridgehead atoms. The monoisotopic (exact) mass is 261 g/mol. The second-order valence-corrected chi connectivity index (χ2v) is 5.08. The zero-order valence-electron chi connectivity index (χ0n) is 11.3. The molecule has 0 aromatic carbocycles. The molecule has 19 heavy (non-hydrogen) atoms. The van der Waals surface area contributed by atoms with Crippen LogP contribution in [0.2, 0.25) is 0 Å². The Morgan fingerprint density at radius 1 is 1.53 bits per heavy atom. The number of rotatable bonds is 3. The lowest BCUT2D eigenvalue weighted by Gasteiger charge is -2.29. The van der Waals surface area contributed by atoms with Crippen molar-refractivity contribution in [2.24, 2.45) is 0 Å². The van der Waals surface area contributed by atoms with Gasteiger partial charge in [-0.3, -0.25) is 0 Å². The number of anilines is 1. The quantitative estimate of drug-likeness (QED) is 0.885. The molecule has 6 nitrogen and oxygen atoms in total. The van der Waals surface area contributed by atoms with E-state index in [0.717, 1.165) is 31.9 Å². The van der Waals surface area contributed by atoms with Gasteiger partial charge < -0.3 is 15.0 Å². The number of pyridine rings is 1. The van der Waals surface area contributed by atoms with Crippen LogP contribution in [0.5, 0.6) is 0 Å². The highest BCUT2D eigenvalue weighted by Crippen LogP contribution is 2.09. The van der Waals surface area contributed by atoms with Gasteiger partial charge >= 0.3 is 0 Å². The zero-order valence-corrected chi connectivity index (χ0v) is 11.3. The van der Waals surface area contributed by atoms with E-state index < -0.39 is 0 Å². The third-order valence-electron chi connectivity index (χ3n) is 3.32. The van der Waals surface area contributed by atoms with E-state index in [1.54, 1.807) is 4.52 Å². The number of likely N-dealkylation sites (N-methyl/N-ethyl adjacent to an activating group) is 1. The highest BCUT2D eigenvalue weighted by Gasteiger charge is 2.17. The van der Waals surface area contributed by atoms with Crippen LogP contribution in [0.4, 0.5) is 5.95 Å². The summed E-state index contributed by atoms with van der Waals surface area (Å²) >= 11 is 0. The summed E-state index contributed by atoms with van der Waals surface area (Å²) in [6.07, 6.45) is 2.13. The van der Waals surface area contributed by atoms with Gasteiger partial charge in [-0.1, -0.05) is 0 Å². The van der Waals surface area contributed by atoms with Crippen molar-refractivity contribution in [1.82, 2.24) is 19.5 Å². The lowest BCUT2D eigenvalue weighted by molar-refractivity contribution is -0.0117. The van der Waals surface area contributed by atoms with Gasteiger partial charge in [-0.25, -0.2) is 4.52 Å². The maximum Gasteiger partial charge on any atom is 0.243 e. The molecule has 3 heterocycles.